The number of hydrogen-bond donors (Lipinski definition) is 2. The van der Waals surface area contributed by atoms with Crippen LogP contribution in [0.4, 0.5) is 0 Å². The first-order valence-corrected chi connectivity index (χ1v) is 9.08. The van der Waals surface area contributed by atoms with E-state index in [0.717, 1.165) is 32.1 Å². The van der Waals surface area contributed by atoms with E-state index in [1.807, 2.05) is 0 Å². The maximum atomic E-state index is 12.4. The Morgan fingerprint density at radius 3 is 2.57 bits per heavy atom. The van der Waals surface area contributed by atoms with Crippen molar-refractivity contribution in [3.63, 3.8) is 0 Å². The number of rotatable bonds is 6. The molecule has 2 N–H and O–H groups in total. The van der Waals surface area contributed by atoms with Crippen LogP contribution in [0.2, 0.25) is 0 Å². The molecule has 126 valence electrons. The molecule has 0 amide bonds. The molecule has 1 unspecified atom stereocenters. The highest BCUT2D eigenvalue weighted by Gasteiger charge is 2.20. The topological polar surface area (TPSA) is 92.7 Å². The van der Waals surface area contributed by atoms with Gasteiger partial charge < -0.3 is 9.84 Å². The zero-order valence-corrected chi connectivity index (χ0v) is 13.6. The smallest absolute Gasteiger partial charge is 0.341 e. The third-order valence-corrected chi connectivity index (χ3v) is 5.13. The lowest BCUT2D eigenvalue weighted by Gasteiger charge is -2.19. The number of carboxylic acid groups (broad SMARTS) is 1. The van der Waals surface area contributed by atoms with Gasteiger partial charge in [-0.2, -0.15) is 0 Å². The summed E-state index contributed by atoms with van der Waals surface area (Å²) in [5.74, 6) is -0.760. The predicted octanol–water partition coefficient (Wildman–Crippen LogP) is 2.32. The van der Waals surface area contributed by atoms with Crippen molar-refractivity contribution in [3.05, 3.63) is 36.4 Å². The summed E-state index contributed by atoms with van der Waals surface area (Å²) in [5.41, 5.74) is 0. The highest BCUT2D eigenvalue weighted by molar-refractivity contribution is 7.89. The average molecular weight is 339 g/mol. The molecule has 7 heteroatoms. The van der Waals surface area contributed by atoms with E-state index in [0.29, 0.717) is 5.75 Å². The van der Waals surface area contributed by atoms with Crippen LogP contribution in [0.1, 0.15) is 32.1 Å². The molecule has 1 aliphatic rings. The van der Waals surface area contributed by atoms with E-state index >= 15 is 0 Å². The molecule has 0 aromatic heterocycles. The van der Waals surface area contributed by atoms with E-state index < -0.39 is 22.6 Å². The lowest BCUT2D eigenvalue weighted by molar-refractivity contribution is -0.139. The summed E-state index contributed by atoms with van der Waals surface area (Å²) in [6.07, 6.45) is 8.66. The van der Waals surface area contributed by atoms with Gasteiger partial charge in [0.2, 0.25) is 10.0 Å². The Labute approximate surface area is 136 Å². The Morgan fingerprint density at radius 2 is 1.87 bits per heavy atom. The molecular weight excluding hydrogens is 318 g/mol. The van der Waals surface area contributed by atoms with Crippen molar-refractivity contribution in [1.82, 2.24) is 4.72 Å². The Bertz CT molecular complexity index is 652. The first kappa shape index (κ1) is 17.5. The molecule has 6 nitrogen and oxygen atoms in total. The van der Waals surface area contributed by atoms with Crippen molar-refractivity contribution in [3.8, 4) is 5.75 Å². The van der Waals surface area contributed by atoms with E-state index in [1.165, 1.54) is 24.3 Å². The summed E-state index contributed by atoms with van der Waals surface area (Å²) in [5, 5.41) is 8.55. The Balaban J connectivity index is 2.00. The van der Waals surface area contributed by atoms with Gasteiger partial charge in [0.1, 0.15) is 5.75 Å². The molecule has 0 spiro atoms. The van der Waals surface area contributed by atoms with Crippen LogP contribution in [0.3, 0.4) is 0 Å². The number of ether oxygens (including phenoxy) is 1. The highest BCUT2D eigenvalue weighted by Crippen LogP contribution is 2.19. The molecule has 0 bridgehead atoms. The summed E-state index contributed by atoms with van der Waals surface area (Å²) >= 11 is 0. The van der Waals surface area contributed by atoms with Crippen LogP contribution in [0, 0.1) is 0 Å². The quantitative estimate of drug-likeness (QED) is 0.776. The Hall–Kier alpha value is -1.86. The zero-order valence-electron chi connectivity index (χ0n) is 12.8. The van der Waals surface area contributed by atoms with E-state index in [-0.39, 0.29) is 10.9 Å². The SMILES string of the molecule is O=C(O)COc1ccc(S(=O)(=O)NC2CC/C=C\CCC2)cc1. The molecule has 23 heavy (non-hydrogen) atoms. The normalized spacial score (nSPS) is 20.3. The number of nitrogens with one attached hydrogen (secondary N) is 1. The average Bonchev–Trinajstić information content (AvgIpc) is 2.48. The lowest BCUT2D eigenvalue weighted by atomic mass is 10.0. The molecule has 1 aromatic carbocycles. The van der Waals surface area contributed by atoms with E-state index in [2.05, 4.69) is 16.9 Å². The molecule has 0 radical (unpaired) electrons. The number of sulfonamides is 1. The minimum absolute atomic E-state index is 0.0621. The molecule has 0 fully saturated rings. The number of benzene rings is 1. The van der Waals surface area contributed by atoms with Crippen LogP contribution in [-0.2, 0) is 14.8 Å². The molecule has 2 rings (SSSR count). The second kappa shape index (κ2) is 8.12. The van der Waals surface area contributed by atoms with Gasteiger partial charge in [0.25, 0.3) is 0 Å². The second-order valence-corrected chi connectivity index (χ2v) is 7.17. The van der Waals surface area contributed by atoms with Crippen molar-refractivity contribution in [1.29, 1.82) is 0 Å². The second-order valence-electron chi connectivity index (χ2n) is 5.45. The number of carbonyl (C=O) groups is 1. The molecule has 1 aromatic rings. The fraction of sp³-hybridized carbons (Fsp3) is 0.438. The fourth-order valence-corrected chi connectivity index (χ4v) is 3.73. The Morgan fingerprint density at radius 1 is 1.17 bits per heavy atom. The number of hydrogen-bond acceptors (Lipinski definition) is 4. The molecule has 0 saturated heterocycles. The first-order valence-electron chi connectivity index (χ1n) is 7.59. The first-order chi connectivity index (χ1) is 11.0. The summed E-state index contributed by atoms with van der Waals surface area (Å²) in [4.78, 5) is 10.6. The van der Waals surface area contributed by atoms with Gasteiger partial charge in [-0.15, -0.1) is 0 Å². The number of allylic oxidation sites excluding steroid dienone is 2. The zero-order chi connectivity index (χ0) is 16.7. The summed E-state index contributed by atoms with van der Waals surface area (Å²) < 4.78 is 32.6. The van der Waals surface area contributed by atoms with E-state index in [4.69, 9.17) is 9.84 Å². The maximum absolute atomic E-state index is 12.4. The summed E-state index contributed by atoms with van der Waals surface area (Å²) in [6, 6.07) is 5.69. The van der Waals surface area contributed by atoms with Crippen molar-refractivity contribution in [2.24, 2.45) is 0 Å². The van der Waals surface area contributed by atoms with Gasteiger partial charge in [-0.3, -0.25) is 0 Å². The van der Waals surface area contributed by atoms with Crippen LogP contribution in [0.25, 0.3) is 0 Å². The number of carboxylic acids is 1. The number of aliphatic carboxylic acids is 1. The monoisotopic (exact) mass is 339 g/mol. The maximum Gasteiger partial charge on any atom is 0.341 e. The fourth-order valence-electron chi connectivity index (χ4n) is 2.42. The van der Waals surface area contributed by atoms with Crippen LogP contribution in [0.15, 0.2) is 41.3 Å². The van der Waals surface area contributed by atoms with Crippen LogP contribution < -0.4 is 9.46 Å². The minimum atomic E-state index is -3.58. The third kappa shape index (κ3) is 5.69. The van der Waals surface area contributed by atoms with Gasteiger partial charge >= 0.3 is 5.97 Å². The summed E-state index contributed by atoms with van der Waals surface area (Å²) in [7, 11) is -3.58. The molecule has 0 saturated carbocycles. The molecule has 0 aliphatic heterocycles. The van der Waals surface area contributed by atoms with Crippen molar-refractivity contribution in [2.75, 3.05) is 6.61 Å². The molecule has 1 aliphatic carbocycles. The van der Waals surface area contributed by atoms with E-state index in [1.54, 1.807) is 0 Å². The van der Waals surface area contributed by atoms with Gasteiger partial charge in [0, 0.05) is 6.04 Å². The van der Waals surface area contributed by atoms with Crippen molar-refractivity contribution < 1.29 is 23.1 Å². The standard InChI is InChI=1S/C16H21NO5S/c18-16(19)12-22-14-8-10-15(11-9-14)23(20,21)17-13-6-4-2-1-3-5-7-13/h1-2,8-11,13,17H,3-7,12H2,(H,18,19)/b2-1-. The van der Waals surface area contributed by atoms with Gasteiger partial charge in [-0.1, -0.05) is 12.2 Å². The van der Waals surface area contributed by atoms with Crippen LogP contribution in [-0.4, -0.2) is 32.1 Å². The molecular formula is C16H21NO5S. The summed E-state index contributed by atoms with van der Waals surface area (Å²) in [6.45, 7) is -0.458. The minimum Gasteiger partial charge on any atom is -0.482 e. The third-order valence-electron chi connectivity index (χ3n) is 3.59. The lowest BCUT2D eigenvalue weighted by Crippen LogP contribution is -2.35. The largest absolute Gasteiger partial charge is 0.482 e. The van der Waals surface area contributed by atoms with Crippen LogP contribution in [0.5, 0.6) is 5.75 Å². The van der Waals surface area contributed by atoms with Gasteiger partial charge in [-0.05, 0) is 56.4 Å². The predicted molar refractivity (Wildman–Crippen MR) is 85.9 cm³/mol. The Kier molecular flexibility index (Phi) is 6.18. The van der Waals surface area contributed by atoms with Crippen molar-refractivity contribution in [2.45, 2.75) is 43.0 Å². The van der Waals surface area contributed by atoms with E-state index in [9.17, 15) is 13.2 Å². The van der Waals surface area contributed by atoms with Crippen molar-refractivity contribution >= 4 is 16.0 Å². The molecule has 1 atom stereocenters. The van der Waals surface area contributed by atoms with Gasteiger partial charge in [0.05, 0.1) is 4.90 Å². The van der Waals surface area contributed by atoms with Crippen LogP contribution >= 0.6 is 0 Å². The highest BCUT2D eigenvalue weighted by atomic mass is 32.2. The molecule has 0 heterocycles. The van der Waals surface area contributed by atoms with Gasteiger partial charge in [-0.25, -0.2) is 17.9 Å². The van der Waals surface area contributed by atoms with Gasteiger partial charge in [0.15, 0.2) is 6.61 Å².